The van der Waals surface area contributed by atoms with Crippen LogP contribution in [0.4, 0.5) is 5.69 Å². The number of hydrogen-bond donors (Lipinski definition) is 1. The SMILES string of the molecule is C=CC1CC(C)C2C(=O)N(c3ccccc3O)C(=O)C12. The van der Waals surface area contributed by atoms with E-state index in [1.54, 1.807) is 24.3 Å². The first-order valence-corrected chi connectivity index (χ1v) is 6.84. The Labute approximate surface area is 117 Å². The summed E-state index contributed by atoms with van der Waals surface area (Å²) < 4.78 is 0. The highest BCUT2D eigenvalue weighted by Gasteiger charge is 2.57. The van der Waals surface area contributed by atoms with Gasteiger partial charge < -0.3 is 5.11 Å². The van der Waals surface area contributed by atoms with Crippen molar-refractivity contribution in [1.29, 1.82) is 0 Å². The van der Waals surface area contributed by atoms with Crippen molar-refractivity contribution in [1.82, 2.24) is 0 Å². The van der Waals surface area contributed by atoms with E-state index < -0.39 is 0 Å². The van der Waals surface area contributed by atoms with Gasteiger partial charge in [-0.05, 0) is 30.4 Å². The van der Waals surface area contributed by atoms with Gasteiger partial charge in [-0.2, -0.15) is 0 Å². The van der Waals surface area contributed by atoms with E-state index in [9.17, 15) is 14.7 Å². The molecule has 1 aromatic rings. The fourth-order valence-electron chi connectivity index (χ4n) is 3.62. The Morgan fingerprint density at radius 2 is 1.90 bits per heavy atom. The summed E-state index contributed by atoms with van der Waals surface area (Å²) in [5, 5.41) is 9.89. The first kappa shape index (κ1) is 12.9. The highest BCUT2D eigenvalue weighted by molar-refractivity contribution is 6.23. The van der Waals surface area contributed by atoms with Gasteiger partial charge >= 0.3 is 0 Å². The number of para-hydroxylation sites is 2. The van der Waals surface area contributed by atoms with Crippen molar-refractivity contribution in [2.24, 2.45) is 23.7 Å². The Morgan fingerprint density at radius 3 is 2.55 bits per heavy atom. The minimum Gasteiger partial charge on any atom is -0.506 e. The monoisotopic (exact) mass is 271 g/mol. The average molecular weight is 271 g/mol. The van der Waals surface area contributed by atoms with Crippen LogP contribution in [0.1, 0.15) is 13.3 Å². The molecule has 0 bridgehead atoms. The molecule has 2 amide bonds. The molecule has 1 heterocycles. The van der Waals surface area contributed by atoms with Crippen LogP contribution < -0.4 is 4.90 Å². The van der Waals surface area contributed by atoms with Gasteiger partial charge in [-0.1, -0.05) is 25.1 Å². The predicted octanol–water partition coefficient (Wildman–Crippen LogP) is 2.34. The van der Waals surface area contributed by atoms with E-state index in [-0.39, 0.29) is 46.9 Å². The Hall–Kier alpha value is -2.10. The molecule has 1 N–H and O–H groups in total. The summed E-state index contributed by atoms with van der Waals surface area (Å²) in [6, 6.07) is 6.45. The lowest BCUT2D eigenvalue weighted by atomic mass is 9.90. The maximum atomic E-state index is 12.6. The molecule has 4 heteroatoms. The zero-order valence-electron chi connectivity index (χ0n) is 11.3. The number of anilines is 1. The molecule has 0 aromatic heterocycles. The van der Waals surface area contributed by atoms with E-state index in [0.29, 0.717) is 0 Å². The molecule has 1 aromatic carbocycles. The molecule has 1 aliphatic heterocycles. The lowest BCUT2D eigenvalue weighted by molar-refractivity contribution is -0.123. The van der Waals surface area contributed by atoms with Gasteiger partial charge in [-0.25, -0.2) is 4.90 Å². The number of carbonyl (C=O) groups is 2. The van der Waals surface area contributed by atoms with E-state index in [2.05, 4.69) is 6.58 Å². The van der Waals surface area contributed by atoms with Crippen LogP contribution in [-0.2, 0) is 9.59 Å². The zero-order chi connectivity index (χ0) is 14.4. The van der Waals surface area contributed by atoms with E-state index >= 15 is 0 Å². The summed E-state index contributed by atoms with van der Waals surface area (Å²) in [5.41, 5.74) is 0.284. The number of hydrogen-bond acceptors (Lipinski definition) is 3. The Bertz CT molecular complexity index is 595. The second-order valence-electron chi connectivity index (χ2n) is 5.66. The quantitative estimate of drug-likeness (QED) is 0.663. The van der Waals surface area contributed by atoms with Crippen LogP contribution in [0.25, 0.3) is 0 Å². The lowest BCUT2D eigenvalue weighted by Crippen LogP contribution is -2.33. The summed E-state index contributed by atoms with van der Waals surface area (Å²) in [4.78, 5) is 26.3. The molecule has 1 aliphatic carbocycles. The minimum atomic E-state index is -0.324. The number of imide groups is 1. The first-order chi connectivity index (χ1) is 9.56. The van der Waals surface area contributed by atoms with Crippen LogP contribution in [0.15, 0.2) is 36.9 Å². The van der Waals surface area contributed by atoms with Crippen molar-refractivity contribution in [2.75, 3.05) is 4.90 Å². The number of aromatic hydroxyl groups is 1. The second-order valence-corrected chi connectivity index (χ2v) is 5.66. The molecule has 2 fully saturated rings. The largest absolute Gasteiger partial charge is 0.506 e. The van der Waals surface area contributed by atoms with Gasteiger partial charge in [-0.3, -0.25) is 9.59 Å². The molecule has 0 radical (unpaired) electrons. The number of carbonyl (C=O) groups excluding carboxylic acids is 2. The van der Waals surface area contributed by atoms with Gasteiger partial charge in [0.1, 0.15) is 5.75 Å². The number of benzene rings is 1. The normalized spacial score (nSPS) is 32.5. The topological polar surface area (TPSA) is 57.6 Å². The number of fused-ring (bicyclic) bond motifs is 1. The molecule has 3 rings (SSSR count). The van der Waals surface area contributed by atoms with Gasteiger partial charge in [0.25, 0.3) is 0 Å². The molecule has 2 aliphatic rings. The molecular weight excluding hydrogens is 254 g/mol. The Balaban J connectivity index is 2.04. The average Bonchev–Trinajstić information content (AvgIpc) is 2.89. The maximum Gasteiger partial charge on any atom is 0.238 e. The van der Waals surface area contributed by atoms with Gasteiger partial charge in [-0.15, -0.1) is 6.58 Å². The summed E-state index contributed by atoms with van der Waals surface area (Å²) in [6.07, 6.45) is 2.60. The zero-order valence-corrected chi connectivity index (χ0v) is 11.3. The summed E-state index contributed by atoms with van der Waals surface area (Å²) >= 11 is 0. The summed E-state index contributed by atoms with van der Waals surface area (Å²) in [7, 11) is 0. The van der Waals surface area contributed by atoms with E-state index in [1.165, 1.54) is 6.07 Å². The molecule has 20 heavy (non-hydrogen) atoms. The van der Waals surface area contributed by atoms with Crippen molar-refractivity contribution in [3.8, 4) is 5.75 Å². The Kier molecular flexibility index (Phi) is 2.89. The number of nitrogens with zero attached hydrogens (tertiary/aromatic N) is 1. The van der Waals surface area contributed by atoms with E-state index in [4.69, 9.17) is 0 Å². The smallest absolute Gasteiger partial charge is 0.238 e. The second kappa shape index (κ2) is 4.47. The van der Waals surface area contributed by atoms with Crippen molar-refractivity contribution < 1.29 is 14.7 Å². The number of amides is 2. The van der Waals surface area contributed by atoms with Crippen LogP contribution >= 0.6 is 0 Å². The fourth-order valence-corrected chi connectivity index (χ4v) is 3.62. The highest BCUT2D eigenvalue weighted by atomic mass is 16.3. The number of rotatable bonds is 2. The van der Waals surface area contributed by atoms with Gasteiger partial charge in [0.05, 0.1) is 17.5 Å². The number of phenols is 1. The standard InChI is InChI=1S/C16H17NO3/c1-3-10-8-9(2)13-14(10)16(20)17(15(13)19)11-6-4-5-7-12(11)18/h3-7,9-10,13-14,18H,1,8H2,2H3. The number of phenolic OH excluding ortho intramolecular Hbond substituents is 1. The van der Waals surface area contributed by atoms with Crippen molar-refractivity contribution in [2.45, 2.75) is 13.3 Å². The predicted molar refractivity (Wildman–Crippen MR) is 75.0 cm³/mol. The molecule has 104 valence electrons. The van der Waals surface area contributed by atoms with Crippen LogP contribution in [0, 0.1) is 23.7 Å². The van der Waals surface area contributed by atoms with Gasteiger partial charge in [0.2, 0.25) is 11.8 Å². The summed E-state index contributed by atoms with van der Waals surface area (Å²) in [6.45, 7) is 5.78. The molecule has 1 saturated heterocycles. The van der Waals surface area contributed by atoms with Crippen LogP contribution in [-0.4, -0.2) is 16.9 Å². The highest BCUT2D eigenvalue weighted by Crippen LogP contribution is 2.49. The van der Waals surface area contributed by atoms with Gasteiger partial charge in [0, 0.05) is 0 Å². The van der Waals surface area contributed by atoms with Crippen molar-refractivity contribution >= 4 is 17.5 Å². The van der Waals surface area contributed by atoms with Gasteiger partial charge in [0.15, 0.2) is 0 Å². The van der Waals surface area contributed by atoms with Crippen LogP contribution in [0.3, 0.4) is 0 Å². The minimum absolute atomic E-state index is 0.0438. The summed E-state index contributed by atoms with van der Waals surface area (Å²) in [5.74, 6) is -0.858. The molecular formula is C16H17NO3. The van der Waals surface area contributed by atoms with Crippen LogP contribution in [0.5, 0.6) is 5.75 Å². The number of allylic oxidation sites excluding steroid dienone is 1. The van der Waals surface area contributed by atoms with E-state index in [1.807, 2.05) is 6.92 Å². The molecule has 4 atom stereocenters. The first-order valence-electron chi connectivity index (χ1n) is 6.84. The third kappa shape index (κ3) is 1.60. The molecule has 4 nitrogen and oxygen atoms in total. The van der Waals surface area contributed by atoms with Crippen molar-refractivity contribution in [3.05, 3.63) is 36.9 Å². The fraction of sp³-hybridized carbons (Fsp3) is 0.375. The third-order valence-corrected chi connectivity index (χ3v) is 4.54. The Morgan fingerprint density at radius 1 is 1.25 bits per heavy atom. The molecule has 0 spiro atoms. The van der Waals surface area contributed by atoms with Crippen molar-refractivity contribution in [3.63, 3.8) is 0 Å². The van der Waals surface area contributed by atoms with E-state index in [0.717, 1.165) is 11.3 Å². The molecule has 4 unspecified atom stereocenters. The third-order valence-electron chi connectivity index (χ3n) is 4.54. The van der Waals surface area contributed by atoms with Crippen LogP contribution in [0.2, 0.25) is 0 Å². The maximum absolute atomic E-state index is 12.6. The lowest BCUT2D eigenvalue weighted by Gasteiger charge is -2.19. The molecule has 1 saturated carbocycles.